The Morgan fingerprint density at radius 1 is 1.20 bits per heavy atom. The first kappa shape index (κ1) is 14.8. The number of hydrogen-bond acceptors (Lipinski definition) is 3. The fraction of sp³-hybridized carbons (Fsp3) is 0.500. The van der Waals surface area contributed by atoms with Crippen LogP contribution in [0.2, 0.25) is 0 Å². The summed E-state index contributed by atoms with van der Waals surface area (Å²) in [7, 11) is -3.20. The molecule has 0 aliphatic carbocycles. The molecule has 1 heterocycles. The summed E-state index contributed by atoms with van der Waals surface area (Å²) in [5, 5.41) is 2.80. The van der Waals surface area contributed by atoms with Crippen molar-refractivity contribution >= 4 is 21.6 Å². The molecule has 20 heavy (non-hydrogen) atoms. The summed E-state index contributed by atoms with van der Waals surface area (Å²) in [6, 6.07) is 6.11. The van der Waals surface area contributed by atoms with Gasteiger partial charge in [0.05, 0.1) is 4.90 Å². The van der Waals surface area contributed by atoms with Crippen molar-refractivity contribution in [3.63, 3.8) is 0 Å². The van der Waals surface area contributed by atoms with Crippen LogP contribution in [-0.2, 0) is 9.84 Å². The average Bonchev–Trinajstić information content (AvgIpc) is 2.39. The lowest BCUT2D eigenvalue weighted by atomic mass is 10.00. The van der Waals surface area contributed by atoms with Gasteiger partial charge in [-0.3, -0.25) is 0 Å². The van der Waals surface area contributed by atoms with Gasteiger partial charge in [-0.2, -0.15) is 0 Å². The zero-order valence-corrected chi connectivity index (χ0v) is 12.6. The van der Waals surface area contributed by atoms with Crippen LogP contribution < -0.4 is 5.32 Å². The summed E-state index contributed by atoms with van der Waals surface area (Å²) < 4.78 is 22.7. The lowest BCUT2D eigenvalue weighted by Crippen LogP contribution is -2.40. The predicted molar refractivity (Wildman–Crippen MR) is 78.5 cm³/mol. The van der Waals surface area contributed by atoms with E-state index in [1.54, 1.807) is 17.0 Å². The molecule has 0 unspecified atom stereocenters. The third-order valence-corrected chi connectivity index (χ3v) is 4.73. The number of nitrogens with zero attached hydrogens (tertiary/aromatic N) is 1. The number of carbonyl (C=O) groups is 1. The molecule has 110 valence electrons. The number of likely N-dealkylation sites (tertiary alicyclic amines) is 1. The highest BCUT2D eigenvalue weighted by atomic mass is 32.2. The van der Waals surface area contributed by atoms with E-state index in [0.29, 0.717) is 11.6 Å². The van der Waals surface area contributed by atoms with Gasteiger partial charge in [-0.25, -0.2) is 13.2 Å². The third kappa shape index (κ3) is 3.72. The van der Waals surface area contributed by atoms with Crippen molar-refractivity contribution in [2.45, 2.75) is 24.7 Å². The molecule has 1 saturated heterocycles. The van der Waals surface area contributed by atoms with Gasteiger partial charge in [0, 0.05) is 25.0 Å². The number of anilines is 1. The molecule has 2 rings (SSSR count). The highest BCUT2D eigenvalue weighted by Crippen LogP contribution is 2.18. The van der Waals surface area contributed by atoms with Crippen molar-refractivity contribution in [2.75, 3.05) is 24.7 Å². The third-order valence-electron chi connectivity index (χ3n) is 3.60. The fourth-order valence-corrected chi connectivity index (χ4v) is 2.83. The number of hydrogen-bond donors (Lipinski definition) is 1. The van der Waals surface area contributed by atoms with E-state index >= 15 is 0 Å². The number of nitrogens with one attached hydrogen (secondary N) is 1. The van der Waals surface area contributed by atoms with Gasteiger partial charge in [0.2, 0.25) is 0 Å². The standard InChI is InChI=1S/C14H20N2O3S/c1-11-7-9-16(10-8-11)14(17)15-12-3-5-13(6-4-12)20(2,18)19/h3-6,11H,7-10H2,1-2H3,(H,15,17). The van der Waals surface area contributed by atoms with Crippen LogP contribution in [0.5, 0.6) is 0 Å². The molecule has 0 spiro atoms. The van der Waals surface area contributed by atoms with Crippen LogP contribution in [0.4, 0.5) is 10.5 Å². The second-order valence-electron chi connectivity index (χ2n) is 5.40. The van der Waals surface area contributed by atoms with Gasteiger partial charge in [-0.15, -0.1) is 0 Å². The van der Waals surface area contributed by atoms with Crippen molar-refractivity contribution < 1.29 is 13.2 Å². The molecule has 0 aromatic heterocycles. The molecule has 1 fully saturated rings. The van der Waals surface area contributed by atoms with Crippen LogP contribution in [0.3, 0.4) is 0 Å². The number of carbonyl (C=O) groups excluding carboxylic acids is 1. The minimum atomic E-state index is -3.20. The maximum absolute atomic E-state index is 12.1. The molecule has 1 aliphatic heterocycles. The lowest BCUT2D eigenvalue weighted by Gasteiger charge is -2.30. The molecular formula is C14H20N2O3S. The van der Waals surface area contributed by atoms with Crippen molar-refractivity contribution in [1.82, 2.24) is 4.90 Å². The van der Waals surface area contributed by atoms with E-state index < -0.39 is 9.84 Å². The zero-order valence-electron chi connectivity index (χ0n) is 11.8. The molecule has 1 N–H and O–H groups in total. The van der Waals surface area contributed by atoms with E-state index in [1.165, 1.54) is 12.1 Å². The Hall–Kier alpha value is -1.56. The Balaban J connectivity index is 1.98. The molecule has 1 aromatic carbocycles. The van der Waals surface area contributed by atoms with Gasteiger partial charge in [0.25, 0.3) is 0 Å². The molecule has 2 amide bonds. The van der Waals surface area contributed by atoms with E-state index in [4.69, 9.17) is 0 Å². The first-order chi connectivity index (χ1) is 9.36. The lowest BCUT2D eigenvalue weighted by molar-refractivity contribution is 0.186. The maximum atomic E-state index is 12.1. The van der Waals surface area contributed by atoms with Gasteiger partial charge < -0.3 is 10.2 Å². The first-order valence-electron chi connectivity index (χ1n) is 6.72. The Labute approximate surface area is 119 Å². The molecule has 0 bridgehead atoms. The van der Waals surface area contributed by atoms with Crippen molar-refractivity contribution in [3.8, 4) is 0 Å². The number of sulfone groups is 1. The number of piperidine rings is 1. The van der Waals surface area contributed by atoms with Crippen molar-refractivity contribution in [3.05, 3.63) is 24.3 Å². The zero-order chi connectivity index (χ0) is 14.8. The van der Waals surface area contributed by atoms with Crippen molar-refractivity contribution in [1.29, 1.82) is 0 Å². The Kier molecular flexibility index (Phi) is 4.32. The summed E-state index contributed by atoms with van der Waals surface area (Å²) >= 11 is 0. The van der Waals surface area contributed by atoms with Crippen LogP contribution in [0.25, 0.3) is 0 Å². The monoisotopic (exact) mass is 296 g/mol. The number of amides is 2. The van der Waals surface area contributed by atoms with E-state index in [0.717, 1.165) is 32.2 Å². The summed E-state index contributed by atoms with van der Waals surface area (Å²) in [6.45, 7) is 3.74. The van der Waals surface area contributed by atoms with Crippen LogP contribution in [0, 0.1) is 5.92 Å². The smallest absolute Gasteiger partial charge is 0.321 e. The van der Waals surface area contributed by atoms with Gasteiger partial charge in [0.15, 0.2) is 9.84 Å². The Bertz CT molecular complexity index is 573. The minimum Gasteiger partial charge on any atom is -0.325 e. The Morgan fingerprint density at radius 3 is 2.25 bits per heavy atom. The fourth-order valence-electron chi connectivity index (χ4n) is 2.20. The van der Waals surface area contributed by atoms with Gasteiger partial charge in [-0.05, 0) is 43.0 Å². The highest BCUT2D eigenvalue weighted by molar-refractivity contribution is 7.90. The Morgan fingerprint density at radius 2 is 1.75 bits per heavy atom. The summed E-state index contributed by atoms with van der Waals surface area (Å²) in [5.74, 6) is 0.674. The predicted octanol–water partition coefficient (Wildman–Crippen LogP) is 2.35. The average molecular weight is 296 g/mol. The largest absolute Gasteiger partial charge is 0.325 e. The molecule has 1 aromatic rings. The topological polar surface area (TPSA) is 66.5 Å². The molecule has 1 aliphatic rings. The van der Waals surface area contributed by atoms with Gasteiger partial charge >= 0.3 is 6.03 Å². The van der Waals surface area contributed by atoms with Crippen LogP contribution in [0.1, 0.15) is 19.8 Å². The van der Waals surface area contributed by atoms with E-state index in [9.17, 15) is 13.2 Å². The van der Waals surface area contributed by atoms with Crippen LogP contribution in [-0.4, -0.2) is 38.7 Å². The normalized spacial score (nSPS) is 17.0. The molecular weight excluding hydrogens is 276 g/mol. The molecule has 0 atom stereocenters. The highest BCUT2D eigenvalue weighted by Gasteiger charge is 2.20. The number of urea groups is 1. The van der Waals surface area contributed by atoms with Crippen molar-refractivity contribution in [2.24, 2.45) is 5.92 Å². The molecule has 0 radical (unpaired) electrons. The minimum absolute atomic E-state index is 0.121. The van der Waals surface area contributed by atoms with Gasteiger partial charge in [0.1, 0.15) is 0 Å². The molecule has 5 nitrogen and oxygen atoms in total. The molecule has 0 saturated carbocycles. The summed E-state index contributed by atoms with van der Waals surface area (Å²) in [6.07, 6.45) is 3.22. The number of rotatable bonds is 2. The summed E-state index contributed by atoms with van der Waals surface area (Å²) in [5.41, 5.74) is 0.612. The van der Waals surface area contributed by atoms with Crippen LogP contribution >= 0.6 is 0 Å². The van der Waals surface area contributed by atoms with Gasteiger partial charge in [-0.1, -0.05) is 6.92 Å². The second-order valence-corrected chi connectivity index (χ2v) is 7.41. The second kappa shape index (κ2) is 5.83. The first-order valence-corrected chi connectivity index (χ1v) is 8.61. The SMILES string of the molecule is CC1CCN(C(=O)Nc2ccc(S(C)(=O)=O)cc2)CC1. The molecule has 6 heteroatoms. The quantitative estimate of drug-likeness (QED) is 0.911. The van der Waals surface area contributed by atoms with E-state index in [2.05, 4.69) is 12.2 Å². The summed E-state index contributed by atoms with van der Waals surface area (Å²) in [4.78, 5) is 14.1. The van der Waals surface area contributed by atoms with Crippen LogP contribution in [0.15, 0.2) is 29.2 Å². The van der Waals surface area contributed by atoms with E-state index in [1.807, 2.05) is 0 Å². The maximum Gasteiger partial charge on any atom is 0.321 e. The van der Waals surface area contributed by atoms with E-state index in [-0.39, 0.29) is 10.9 Å². The number of benzene rings is 1.